The molecule has 0 saturated carbocycles. The van der Waals surface area contributed by atoms with Crippen molar-refractivity contribution in [3.05, 3.63) is 17.7 Å². The second-order valence-corrected chi connectivity index (χ2v) is 6.57. The molecule has 1 amide bonds. The molecule has 0 fully saturated rings. The number of ether oxygens (including phenoxy) is 3. The van der Waals surface area contributed by atoms with Crippen molar-refractivity contribution in [3.63, 3.8) is 0 Å². The van der Waals surface area contributed by atoms with E-state index in [0.717, 1.165) is 0 Å². The van der Waals surface area contributed by atoms with Gasteiger partial charge in [-0.05, 0) is 13.8 Å². The number of alkyl halides is 1. The number of methoxy groups -OCH3 is 3. The van der Waals surface area contributed by atoms with Crippen molar-refractivity contribution in [2.24, 2.45) is 0 Å². The molecule has 1 aromatic rings. The normalized spacial score (nSPS) is 12.5. The quantitative estimate of drug-likeness (QED) is 0.793. The lowest BCUT2D eigenvalue weighted by Gasteiger charge is -2.29. The molecule has 1 rings (SSSR count). The van der Waals surface area contributed by atoms with E-state index in [2.05, 4.69) is 21.2 Å². The number of amides is 1. The summed E-state index contributed by atoms with van der Waals surface area (Å²) in [5.41, 5.74) is -0.00806. The van der Waals surface area contributed by atoms with Crippen LogP contribution in [-0.2, 0) is 0 Å². The second-order valence-electron chi connectivity index (χ2n) is 5.20. The average molecular weight is 360 g/mol. The van der Waals surface area contributed by atoms with Crippen LogP contribution in [0.5, 0.6) is 17.2 Å². The molecule has 1 atom stereocenters. The van der Waals surface area contributed by atoms with E-state index >= 15 is 0 Å². The van der Waals surface area contributed by atoms with Gasteiger partial charge in [0.05, 0.1) is 26.9 Å². The Kier molecular flexibility index (Phi) is 5.89. The number of hydrogen-bond acceptors (Lipinski definition) is 4. The highest BCUT2D eigenvalue weighted by Crippen LogP contribution is 2.34. The Balaban J connectivity index is 3.20. The number of hydrogen-bond donors (Lipinski definition) is 1. The highest BCUT2D eigenvalue weighted by atomic mass is 79.9. The molecule has 6 heteroatoms. The molecular weight excluding hydrogens is 338 g/mol. The molecule has 1 aromatic carbocycles. The van der Waals surface area contributed by atoms with Crippen molar-refractivity contribution in [3.8, 4) is 17.2 Å². The van der Waals surface area contributed by atoms with Gasteiger partial charge in [-0.2, -0.15) is 0 Å². The van der Waals surface area contributed by atoms with Gasteiger partial charge in [0, 0.05) is 22.5 Å². The fourth-order valence-electron chi connectivity index (χ4n) is 1.67. The highest BCUT2D eigenvalue weighted by Gasteiger charge is 2.28. The first-order chi connectivity index (χ1) is 9.76. The zero-order valence-electron chi connectivity index (χ0n) is 13.2. The van der Waals surface area contributed by atoms with E-state index in [1.165, 1.54) is 21.3 Å². The molecule has 0 aliphatic rings. The van der Waals surface area contributed by atoms with E-state index in [1.54, 1.807) is 12.1 Å². The molecular formula is C15H22BrNO4. The summed E-state index contributed by atoms with van der Waals surface area (Å²) in [4.78, 5) is 12.6. The van der Waals surface area contributed by atoms with Crippen molar-refractivity contribution in [1.82, 2.24) is 5.32 Å². The fraction of sp³-hybridized carbons (Fsp3) is 0.533. The third-order valence-corrected chi connectivity index (χ3v) is 4.53. The Morgan fingerprint density at radius 3 is 2.00 bits per heavy atom. The molecule has 0 bridgehead atoms. The van der Waals surface area contributed by atoms with Gasteiger partial charge in [-0.25, -0.2) is 0 Å². The van der Waals surface area contributed by atoms with E-state index in [4.69, 9.17) is 14.2 Å². The van der Waals surface area contributed by atoms with Gasteiger partial charge in [-0.3, -0.25) is 4.79 Å². The standard InChI is InChI=1S/C15H22BrNO4/c1-9(16)15(2,3)17-14(18)10-7-12(20-5)13(21-6)8-11(10)19-4/h7-9H,1-6H3,(H,17,18). The van der Waals surface area contributed by atoms with Crippen LogP contribution in [0.4, 0.5) is 0 Å². The predicted octanol–water partition coefficient (Wildman–Crippen LogP) is 3.00. The molecule has 0 aromatic heterocycles. The Labute approximate surface area is 134 Å². The van der Waals surface area contributed by atoms with Gasteiger partial charge in [-0.15, -0.1) is 0 Å². The van der Waals surface area contributed by atoms with E-state index in [-0.39, 0.29) is 10.7 Å². The number of nitrogens with one attached hydrogen (secondary N) is 1. The van der Waals surface area contributed by atoms with E-state index in [1.807, 2.05) is 20.8 Å². The summed E-state index contributed by atoms with van der Waals surface area (Å²) in [5, 5.41) is 2.97. The minimum absolute atomic E-state index is 0.111. The van der Waals surface area contributed by atoms with Crippen LogP contribution in [0, 0.1) is 0 Å². The molecule has 21 heavy (non-hydrogen) atoms. The van der Waals surface area contributed by atoms with Crippen molar-refractivity contribution in [2.45, 2.75) is 31.1 Å². The number of benzene rings is 1. The molecule has 0 radical (unpaired) electrons. The Morgan fingerprint density at radius 2 is 1.57 bits per heavy atom. The number of carbonyl (C=O) groups excluding carboxylic acids is 1. The minimum atomic E-state index is -0.407. The van der Waals surface area contributed by atoms with Crippen molar-refractivity contribution in [2.75, 3.05) is 21.3 Å². The van der Waals surface area contributed by atoms with E-state index < -0.39 is 5.54 Å². The molecule has 0 aliphatic carbocycles. The van der Waals surface area contributed by atoms with Gasteiger partial charge >= 0.3 is 0 Å². The average Bonchev–Trinajstić information content (AvgIpc) is 2.44. The maximum Gasteiger partial charge on any atom is 0.255 e. The van der Waals surface area contributed by atoms with Crippen LogP contribution in [0.3, 0.4) is 0 Å². The maximum absolute atomic E-state index is 12.5. The number of carbonyl (C=O) groups is 1. The molecule has 0 saturated heterocycles. The molecule has 0 spiro atoms. The largest absolute Gasteiger partial charge is 0.496 e. The Bertz CT molecular complexity index is 515. The van der Waals surface area contributed by atoms with Crippen molar-refractivity contribution >= 4 is 21.8 Å². The maximum atomic E-state index is 12.5. The highest BCUT2D eigenvalue weighted by molar-refractivity contribution is 9.09. The topological polar surface area (TPSA) is 56.8 Å². The number of halogens is 1. The number of rotatable bonds is 6. The lowest BCUT2D eigenvalue weighted by Crippen LogP contribution is -2.48. The van der Waals surface area contributed by atoms with E-state index in [0.29, 0.717) is 22.8 Å². The Hall–Kier alpha value is -1.43. The van der Waals surface area contributed by atoms with Crippen LogP contribution in [0.2, 0.25) is 0 Å². The second kappa shape index (κ2) is 7.02. The summed E-state index contributed by atoms with van der Waals surface area (Å²) < 4.78 is 15.7. The van der Waals surface area contributed by atoms with Gasteiger partial charge in [0.15, 0.2) is 11.5 Å². The van der Waals surface area contributed by atoms with Crippen LogP contribution in [0.25, 0.3) is 0 Å². The summed E-state index contributed by atoms with van der Waals surface area (Å²) in [6.45, 7) is 5.86. The van der Waals surface area contributed by atoms with Gasteiger partial charge in [0.1, 0.15) is 5.75 Å². The molecule has 1 N–H and O–H groups in total. The lowest BCUT2D eigenvalue weighted by atomic mass is 10.0. The van der Waals surface area contributed by atoms with Gasteiger partial charge in [-0.1, -0.05) is 22.9 Å². The van der Waals surface area contributed by atoms with E-state index in [9.17, 15) is 4.79 Å². The fourth-order valence-corrected chi connectivity index (χ4v) is 1.78. The third-order valence-electron chi connectivity index (χ3n) is 3.38. The molecule has 5 nitrogen and oxygen atoms in total. The van der Waals surface area contributed by atoms with Crippen molar-refractivity contribution in [1.29, 1.82) is 0 Å². The lowest BCUT2D eigenvalue weighted by molar-refractivity contribution is 0.0910. The Morgan fingerprint density at radius 1 is 1.10 bits per heavy atom. The van der Waals surface area contributed by atoms with Crippen LogP contribution < -0.4 is 19.5 Å². The minimum Gasteiger partial charge on any atom is -0.496 e. The van der Waals surface area contributed by atoms with Crippen molar-refractivity contribution < 1.29 is 19.0 Å². The zero-order valence-corrected chi connectivity index (χ0v) is 14.8. The van der Waals surface area contributed by atoms with Gasteiger partial charge in [0.25, 0.3) is 5.91 Å². The molecule has 1 unspecified atom stereocenters. The molecule has 118 valence electrons. The van der Waals surface area contributed by atoms with Gasteiger partial charge < -0.3 is 19.5 Å². The molecule has 0 heterocycles. The summed E-state index contributed by atoms with van der Waals surface area (Å²) in [7, 11) is 4.57. The van der Waals surface area contributed by atoms with Crippen LogP contribution in [-0.4, -0.2) is 37.6 Å². The monoisotopic (exact) mass is 359 g/mol. The molecule has 0 aliphatic heterocycles. The smallest absolute Gasteiger partial charge is 0.255 e. The van der Waals surface area contributed by atoms with Crippen LogP contribution in [0.15, 0.2) is 12.1 Å². The first-order valence-electron chi connectivity index (χ1n) is 6.53. The zero-order chi connectivity index (χ0) is 16.2. The van der Waals surface area contributed by atoms with Crippen LogP contribution in [0.1, 0.15) is 31.1 Å². The van der Waals surface area contributed by atoms with Gasteiger partial charge in [0.2, 0.25) is 0 Å². The summed E-state index contributed by atoms with van der Waals surface area (Å²) in [6, 6.07) is 3.25. The predicted molar refractivity (Wildman–Crippen MR) is 86.0 cm³/mol. The summed E-state index contributed by atoms with van der Waals surface area (Å²) in [6.07, 6.45) is 0. The summed E-state index contributed by atoms with van der Waals surface area (Å²) >= 11 is 3.49. The first-order valence-corrected chi connectivity index (χ1v) is 7.45. The first kappa shape index (κ1) is 17.6. The SMILES string of the molecule is COc1cc(OC)c(C(=O)NC(C)(C)C(C)Br)cc1OC. The third kappa shape index (κ3) is 4.03. The summed E-state index contributed by atoms with van der Waals surface area (Å²) in [5.74, 6) is 1.19. The van der Waals surface area contributed by atoms with Crippen LogP contribution >= 0.6 is 15.9 Å².